The number of hydrogen-bond donors (Lipinski definition) is 1. The number of carbonyl (C=O) groups excluding carboxylic acids is 1. The van der Waals surface area contributed by atoms with E-state index in [0.717, 1.165) is 34.5 Å². The molecule has 7 nitrogen and oxygen atoms in total. The second-order valence-electron chi connectivity index (χ2n) is 7.34. The number of rotatable bonds is 11. The second kappa shape index (κ2) is 11.0. The van der Waals surface area contributed by atoms with E-state index in [9.17, 15) is 13.2 Å². The Bertz CT molecular complexity index is 974. The van der Waals surface area contributed by atoms with Crippen LogP contribution in [0.5, 0.6) is 11.5 Å². The fraction of sp³-hybridized carbons (Fsp3) is 0.435. The molecule has 0 aliphatic heterocycles. The summed E-state index contributed by atoms with van der Waals surface area (Å²) in [5.41, 5.74) is 2.64. The van der Waals surface area contributed by atoms with Gasteiger partial charge in [0.25, 0.3) is 0 Å². The van der Waals surface area contributed by atoms with Gasteiger partial charge in [0.15, 0.2) is 11.5 Å². The summed E-state index contributed by atoms with van der Waals surface area (Å²) in [7, 11) is -0.444. The molecule has 1 amide bonds. The van der Waals surface area contributed by atoms with Gasteiger partial charge in [-0.15, -0.1) is 0 Å². The minimum atomic E-state index is -3.62. The zero-order valence-corrected chi connectivity index (χ0v) is 19.7. The van der Waals surface area contributed by atoms with Crippen LogP contribution in [0.15, 0.2) is 42.5 Å². The van der Waals surface area contributed by atoms with Gasteiger partial charge in [-0.1, -0.05) is 25.1 Å². The Kier molecular flexibility index (Phi) is 8.74. The zero-order valence-electron chi connectivity index (χ0n) is 18.8. The number of carbonyl (C=O) groups is 1. The molecule has 1 N–H and O–H groups in total. The van der Waals surface area contributed by atoms with Crippen molar-refractivity contribution < 1.29 is 22.7 Å². The summed E-state index contributed by atoms with van der Waals surface area (Å²) < 4.78 is 36.5. The number of sulfonamides is 1. The molecule has 8 heteroatoms. The Morgan fingerprint density at radius 3 is 2.19 bits per heavy atom. The van der Waals surface area contributed by atoms with Gasteiger partial charge in [0.2, 0.25) is 15.9 Å². The molecule has 31 heavy (non-hydrogen) atoms. The van der Waals surface area contributed by atoms with Crippen molar-refractivity contribution in [2.24, 2.45) is 0 Å². The van der Waals surface area contributed by atoms with Crippen LogP contribution in [0.25, 0.3) is 0 Å². The van der Waals surface area contributed by atoms with Crippen molar-refractivity contribution in [3.63, 3.8) is 0 Å². The lowest BCUT2D eigenvalue weighted by Gasteiger charge is -2.28. The Hall–Kier alpha value is -2.74. The van der Waals surface area contributed by atoms with Crippen LogP contribution >= 0.6 is 0 Å². The van der Waals surface area contributed by atoms with E-state index in [0.29, 0.717) is 30.2 Å². The van der Waals surface area contributed by atoms with Crippen molar-refractivity contribution in [1.29, 1.82) is 0 Å². The summed E-state index contributed by atoms with van der Waals surface area (Å²) in [6.45, 7) is 4.06. The number of nitrogens with zero attached hydrogens (tertiary/aromatic N) is 1. The summed E-state index contributed by atoms with van der Waals surface area (Å²) in [4.78, 5) is 12.7. The smallest absolute Gasteiger partial charge is 0.243 e. The molecule has 0 radical (unpaired) electrons. The first-order valence-electron chi connectivity index (χ1n) is 10.3. The minimum absolute atomic E-state index is 0.336. The van der Waals surface area contributed by atoms with Gasteiger partial charge in [0.05, 0.1) is 26.2 Å². The highest BCUT2D eigenvalue weighted by atomic mass is 32.2. The molecule has 0 aliphatic rings. The van der Waals surface area contributed by atoms with Crippen LogP contribution in [0.4, 0.5) is 5.69 Å². The maximum Gasteiger partial charge on any atom is 0.243 e. The van der Waals surface area contributed by atoms with Gasteiger partial charge in [-0.25, -0.2) is 8.42 Å². The van der Waals surface area contributed by atoms with E-state index in [1.165, 1.54) is 0 Å². The molecule has 0 aromatic heterocycles. The van der Waals surface area contributed by atoms with E-state index in [2.05, 4.69) is 5.32 Å². The third kappa shape index (κ3) is 6.62. The molecular formula is C23H32N2O5S. The van der Waals surface area contributed by atoms with E-state index >= 15 is 0 Å². The summed E-state index contributed by atoms with van der Waals surface area (Å²) >= 11 is 0. The second-order valence-corrected chi connectivity index (χ2v) is 9.20. The van der Waals surface area contributed by atoms with E-state index < -0.39 is 16.1 Å². The number of hydrogen-bond acceptors (Lipinski definition) is 5. The van der Waals surface area contributed by atoms with Gasteiger partial charge in [-0.2, -0.15) is 0 Å². The van der Waals surface area contributed by atoms with Crippen LogP contribution in [-0.4, -0.2) is 47.4 Å². The molecule has 1 atom stereocenters. The standard InChI is InChI=1S/C23H32N2O5S/c1-6-18-9-12-20(13-10-18)25(31(5,27)28)17(2)23(26)24-15-7-8-19-11-14-21(29-3)22(16-19)30-4/h9-14,16-17H,6-8,15H2,1-5H3,(H,24,26)/t17-/m1/s1. The van der Waals surface area contributed by atoms with Crippen molar-refractivity contribution in [1.82, 2.24) is 5.32 Å². The molecule has 0 saturated carbocycles. The summed E-state index contributed by atoms with van der Waals surface area (Å²) in [6, 6.07) is 12.1. The third-order valence-electron chi connectivity index (χ3n) is 5.08. The quantitative estimate of drug-likeness (QED) is 0.534. The minimum Gasteiger partial charge on any atom is -0.493 e. The van der Waals surface area contributed by atoms with Gasteiger partial charge < -0.3 is 14.8 Å². The Labute approximate surface area is 185 Å². The molecule has 0 unspecified atom stereocenters. The molecule has 170 valence electrons. The van der Waals surface area contributed by atoms with E-state index in [1.54, 1.807) is 33.3 Å². The monoisotopic (exact) mass is 448 g/mol. The van der Waals surface area contributed by atoms with Crippen molar-refractivity contribution in [2.75, 3.05) is 31.3 Å². The summed E-state index contributed by atoms with van der Waals surface area (Å²) in [6.07, 6.45) is 3.41. The Morgan fingerprint density at radius 1 is 1.03 bits per heavy atom. The van der Waals surface area contributed by atoms with Gasteiger partial charge in [-0.3, -0.25) is 9.10 Å². The molecule has 0 aliphatic carbocycles. The van der Waals surface area contributed by atoms with Crippen LogP contribution in [0.2, 0.25) is 0 Å². The number of nitrogens with one attached hydrogen (secondary N) is 1. The maximum atomic E-state index is 12.7. The number of aryl methyl sites for hydroxylation is 2. The highest BCUT2D eigenvalue weighted by molar-refractivity contribution is 7.92. The van der Waals surface area contributed by atoms with Gasteiger partial charge in [0, 0.05) is 6.54 Å². The molecule has 0 heterocycles. The van der Waals surface area contributed by atoms with E-state index in [4.69, 9.17) is 9.47 Å². The first-order chi connectivity index (χ1) is 14.7. The normalized spacial score (nSPS) is 12.2. The van der Waals surface area contributed by atoms with Crippen molar-refractivity contribution in [3.8, 4) is 11.5 Å². The largest absolute Gasteiger partial charge is 0.493 e. The lowest BCUT2D eigenvalue weighted by molar-refractivity contribution is -0.121. The van der Waals surface area contributed by atoms with Crippen LogP contribution in [0, 0.1) is 0 Å². The molecule has 2 rings (SSSR count). The summed E-state index contributed by atoms with van der Waals surface area (Å²) in [5, 5.41) is 2.85. The Morgan fingerprint density at radius 2 is 1.65 bits per heavy atom. The van der Waals surface area contributed by atoms with Crippen LogP contribution in [-0.2, 0) is 27.7 Å². The molecule has 0 spiro atoms. The molecule has 2 aromatic carbocycles. The average Bonchev–Trinajstić information content (AvgIpc) is 2.75. The van der Waals surface area contributed by atoms with Gasteiger partial charge in [0.1, 0.15) is 6.04 Å². The molecule has 0 bridgehead atoms. The van der Waals surface area contributed by atoms with Crippen molar-refractivity contribution in [3.05, 3.63) is 53.6 Å². The fourth-order valence-corrected chi connectivity index (χ4v) is 4.55. The fourth-order valence-electron chi connectivity index (χ4n) is 3.38. The summed E-state index contributed by atoms with van der Waals surface area (Å²) in [5.74, 6) is 0.995. The molecular weight excluding hydrogens is 416 g/mol. The molecule has 2 aromatic rings. The van der Waals surface area contributed by atoms with Gasteiger partial charge in [-0.05, 0) is 61.6 Å². The predicted molar refractivity (Wildman–Crippen MR) is 123 cm³/mol. The average molecular weight is 449 g/mol. The predicted octanol–water partition coefficient (Wildman–Crippen LogP) is 3.17. The van der Waals surface area contributed by atoms with Crippen molar-refractivity contribution >= 4 is 21.6 Å². The number of ether oxygens (including phenoxy) is 2. The van der Waals surface area contributed by atoms with Gasteiger partial charge >= 0.3 is 0 Å². The number of amides is 1. The first kappa shape index (κ1) is 24.5. The first-order valence-corrected chi connectivity index (χ1v) is 12.1. The van der Waals surface area contributed by atoms with Crippen LogP contribution in [0.1, 0.15) is 31.4 Å². The van der Waals surface area contributed by atoms with Crippen LogP contribution in [0.3, 0.4) is 0 Å². The number of anilines is 1. The lowest BCUT2D eigenvalue weighted by Crippen LogP contribution is -2.48. The highest BCUT2D eigenvalue weighted by Gasteiger charge is 2.28. The number of methoxy groups -OCH3 is 2. The number of benzene rings is 2. The maximum absolute atomic E-state index is 12.7. The Balaban J connectivity index is 1.98. The topological polar surface area (TPSA) is 84.9 Å². The molecule has 0 fully saturated rings. The zero-order chi connectivity index (χ0) is 23.0. The lowest BCUT2D eigenvalue weighted by atomic mass is 10.1. The van der Waals surface area contributed by atoms with E-state index in [-0.39, 0.29) is 5.91 Å². The van der Waals surface area contributed by atoms with Crippen LogP contribution < -0.4 is 19.1 Å². The third-order valence-corrected chi connectivity index (χ3v) is 6.32. The van der Waals surface area contributed by atoms with E-state index in [1.807, 2.05) is 37.3 Å². The van der Waals surface area contributed by atoms with Crippen molar-refractivity contribution in [2.45, 2.75) is 39.2 Å². The molecule has 0 saturated heterocycles. The highest BCUT2D eigenvalue weighted by Crippen LogP contribution is 2.28. The SMILES string of the molecule is CCc1ccc(N([C@H](C)C(=O)NCCCc2ccc(OC)c(OC)c2)S(C)(=O)=O)cc1.